The lowest BCUT2D eigenvalue weighted by Gasteiger charge is -2.28. The van der Waals surface area contributed by atoms with E-state index in [1.54, 1.807) is 0 Å². The Bertz CT molecular complexity index is 710. The van der Waals surface area contributed by atoms with Crippen LogP contribution in [0, 0.1) is 16.1 Å². The van der Waals surface area contributed by atoms with Crippen molar-refractivity contribution in [2.24, 2.45) is 0 Å². The second-order valence-electron chi connectivity index (χ2n) is 4.97. The SMILES string of the molecule is CC1CC(n2c(=S)[nH]c3c(C#N)cccc32)CCO1. The minimum atomic E-state index is 0.254. The Balaban J connectivity index is 2.16. The fraction of sp³-hybridized carbons (Fsp3) is 0.429. The molecule has 4 nitrogen and oxygen atoms in total. The van der Waals surface area contributed by atoms with Crippen molar-refractivity contribution in [2.75, 3.05) is 6.61 Å². The fourth-order valence-electron chi connectivity index (χ4n) is 2.81. The molecular weight excluding hydrogens is 258 g/mol. The van der Waals surface area contributed by atoms with Crippen molar-refractivity contribution in [2.45, 2.75) is 31.9 Å². The van der Waals surface area contributed by atoms with Gasteiger partial charge in [0.2, 0.25) is 0 Å². The van der Waals surface area contributed by atoms with Crippen molar-refractivity contribution in [1.29, 1.82) is 5.26 Å². The number of fused-ring (bicyclic) bond motifs is 1. The first-order chi connectivity index (χ1) is 9.20. The Hall–Kier alpha value is -1.64. The molecule has 1 aromatic carbocycles. The van der Waals surface area contributed by atoms with Gasteiger partial charge >= 0.3 is 0 Å². The molecule has 98 valence electrons. The summed E-state index contributed by atoms with van der Waals surface area (Å²) in [6.45, 7) is 2.85. The minimum absolute atomic E-state index is 0.254. The first-order valence-electron chi connectivity index (χ1n) is 6.45. The van der Waals surface area contributed by atoms with Crippen molar-refractivity contribution in [3.8, 4) is 6.07 Å². The number of hydrogen-bond donors (Lipinski definition) is 1. The van der Waals surface area contributed by atoms with E-state index in [4.69, 9.17) is 22.2 Å². The lowest BCUT2D eigenvalue weighted by molar-refractivity contribution is 0.00647. The van der Waals surface area contributed by atoms with Gasteiger partial charge in [-0.15, -0.1) is 0 Å². The minimum Gasteiger partial charge on any atom is -0.378 e. The number of hydrogen-bond acceptors (Lipinski definition) is 3. The van der Waals surface area contributed by atoms with E-state index < -0.39 is 0 Å². The average Bonchev–Trinajstić information content (AvgIpc) is 2.74. The molecule has 5 heteroatoms. The molecule has 1 N–H and O–H groups in total. The van der Waals surface area contributed by atoms with Crippen LogP contribution in [-0.4, -0.2) is 22.3 Å². The van der Waals surface area contributed by atoms with Gasteiger partial charge in [0.05, 0.1) is 22.7 Å². The summed E-state index contributed by atoms with van der Waals surface area (Å²) >= 11 is 5.44. The molecule has 1 aliphatic rings. The van der Waals surface area contributed by atoms with Crippen LogP contribution in [0.3, 0.4) is 0 Å². The summed E-state index contributed by atoms with van der Waals surface area (Å²) < 4.78 is 8.43. The maximum atomic E-state index is 9.15. The van der Waals surface area contributed by atoms with E-state index >= 15 is 0 Å². The van der Waals surface area contributed by atoms with Crippen LogP contribution in [0.4, 0.5) is 0 Å². The number of nitrogens with zero attached hydrogens (tertiary/aromatic N) is 2. The zero-order valence-electron chi connectivity index (χ0n) is 10.7. The molecule has 1 saturated heterocycles. The molecule has 0 saturated carbocycles. The molecular formula is C14H15N3OS. The Morgan fingerprint density at radius 3 is 3.11 bits per heavy atom. The number of ether oxygens (including phenoxy) is 1. The molecule has 0 amide bonds. The van der Waals surface area contributed by atoms with Gasteiger partial charge in [0.15, 0.2) is 4.77 Å². The van der Waals surface area contributed by atoms with Crippen LogP contribution in [0.15, 0.2) is 18.2 Å². The van der Waals surface area contributed by atoms with Crippen molar-refractivity contribution in [3.63, 3.8) is 0 Å². The highest BCUT2D eigenvalue weighted by atomic mass is 32.1. The van der Waals surface area contributed by atoms with Gasteiger partial charge in [-0.05, 0) is 44.1 Å². The summed E-state index contributed by atoms with van der Waals surface area (Å²) in [7, 11) is 0. The topological polar surface area (TPSA) is 53.7 Å². The number of aromatic amines is 1. The van der Waals surface area contributed by atoms with Gasteiger partial charge < -0.3 is 14.3 Å². The number of H-pyrrole nitrogens is 1. The third kappa shape index (κ3) is 2.07. The molecule has 2 heterocycles. The van der Waals surface area contributed by atoms with Gasteiger partial charge in [0.1, 0.15) is 6.07 Å². The number of rotatable bonds is 1. The molecule has 0 aliphatic carbocycles. The van der Waals surface area contributed by atoms with E-state index in [0.29, 0.717) is 16.4 Å². The second kappa shape index (κ2) is 4.80. The van der Waals surface area contributed by atoms with Crippen LogP contribution in [0.5, 0.6) is 0 Å². The molecule has 2 aromatic rings. The summed E-state index contributed by atoms with van der Waals surface area (Å²) in [5.74, 6) is 0. The Labute approximate surface area is 116 Å². The molecule has 0 radical (unpaired) electrons. The van der Waals surface area contributed by atoms with Crippen LogP contribution >= 0.6 is 12.2 Å². The Morgan fingerprint density at radius 1 is 1.53 bits per heavy atom. The third-order valence-electron chi connectivity index (χ3n) is 3.70. The van der Waals surface area contributed by atoms with Crippen LogP contribution in [-0.2, 0) is 4.74 Å². The van der Waals surface area contributed by atoms with Gasteiger partial charge in [-0.25, -0.2) is 0 Å². The average molecular weight is 273 g/mol. The maximum Gasteiger partial charge on any atom is 0.178 e. The zero-order valence-corrected chi connectivity index (χ0v) is 11.5. The van der Waals surface area contributed by atoms with Crippen molar-refractivity contribution in [3.05, 3.63) is 28.5 Å². The van der Waals surface area contributed by atoms with Gasteiger partial charge in [-0.2, -0.15) is 5.26 Å². The van der Waals surface area contributed by atoms with Gasteiger partial charge in [0, 0.05) is 12.6 Å². The summed E-state index contributed by atoms with van der Waals surface area (Å²) in [5.41, 5.74) is 2.50. The van der Waals surface area contributed by atoms with Crippen LogP contribution < -0.4 is 0 Å². The summed E-state index contributed by atoms with van der Waals surface area (Å²) in [6, 6.07) is 8.28. The first kappa shape index (κ1) is 12.4. The third-order valence-corrected chi connectivity index (χ3v) is 3.99. The van der Waals surface area contributed by atoms with Crippen molar-refractivity contribution >= 4 is 23.3 Å². The molecule has 0 bridgehead atoms. The van der Waals surface area contributed by atoms with E-state index in [9.17, 15) is 0 Å². The smallest absolute Gasteiger partial charge is 0.178 e. The zero-order chi connectivity index (χ0) is 13.4. The molecule has 2 atom stereocenters. The lowest BCUT2D eigenvalue weighted by atomic mass is 10.0. The van der Waals surface area contributed by atoms with Gasteiger partial charge in [-0.3, -0.25) is 0 Å². The largest absolute Gasteiger partial charge is 0.378 e. The highest BCUT2D eigenvalue weighted by Gasteiger charge is 2.23. The van der Waals surface area contributed by atoms with Gasteiger partial charge in [-0.1, -0.05) is 6.07 Å². The predicted molar refractivity (Wildman–Crippen MR) is 75.5 cm³/mol. The lowest BCUT2D eigenvalue weighted by Crippen LogP contribution is -2.25. The molecule has 1 fully saturated rings. The number of aromatic nitrogens is 2. The highest BCUT2D eigenvalue weighted by Crippen LogP contribution is 2.29. The predicted octanol–water partition coefficient (Wildman–Crippen LogP) is 3.31. The Kier molecular flexibility index (Phi) is 3.13. The number of benzene rings is 1. The molecule has 3 rings (SSSR count). The number of para-hydroxylation sites is 1. The van der Waals surface area contributed by atoms with E-state index in [1.807, 2.05) is 18.2 Å². The van der Waals surface area contributed by atoms with Crippen LogP contribution in [0.25, 0.3) is 11.0 Å². The quantitative estimate of drug-likeness (QED) is 0.811. The summed E-state index contributed by atoms with van der Waals surface area (Å²) in [4.78, 5) is 3.17. The molecule has 19 heavy (non-hydrogen) atoms. The second-order valence-corrected chi connectivity index (χ2v) is 5.36. The number of nitrogens with one attached hydrogen (secondary N) is 1. The number of nitriles is 1. The first-order valence-corrected chi connectivity index (χ1v) is 6.86. The van der Waals surface area contributed by atoms with Crippen LogP contribution in [0.2, 0.25) is 0 Å². The van der Waals surface area contributed by atoms with E-state index in [0.717, 1.165) is 30.5 Å². The monoisotopic (exact) mass is 273 g/mol. The van der Waals surface area contributed by atoms with Crippen molar-refractivity contribution in [1.82, 2.24) is 9.55 Å². The molecule has 0 spiro atoms. The van der Waals surface area contributed by atoms with Gasteiger partial charge in [0.25, 0.3) is 0 Å². The summed E-state index contributed by atoms with van der Waals surface area (Å²) in [5, 5.41) is 9.15. The standard InChI is InChI=1S/C14H15N3OS/c1-9-7-11(5-6-18-9)17-12-4-2-3-10(8-15)13(12)16-14(17)19/h2-4,9,11H,5-7H2,1H3,(H,16,19). The van der Waals surface area contributed by atoms with E-state index in [2.05, 4.69) is 22.5 Å². The molecule has 2 unspecified atom stereocenters. The fourth-order valence-corrected chi connectivity index (χ4v) is 3.16. The molecule has 1 aromatic heterocycles. The normalized spacial score (nSPS) is 23.4. The number of imidazole rings is 1. The van der Waals surface area contributed by atoms with E-state index in [-0.39, 0.29) is 6.10 Å². The Morgan fingerprint density at radius 2 is 2.37 bits per heavy atom. The van der Waals surface area contributed by atoms with E-state index in [1.165, 1.54) is 0 Å². The van der Waals surface area contributed by atoms with Crippen LogP contribution in [0.1, 0.15) is 31.4 Å². The highest BCUT2D eigenvalue weighted by molar-refractivity contribution is 7.71. The molecule has 1 aliphatic heterocycles. The van der Waals surface area contributed by atoms with Crippen molar-refractivity contribution < 1.29 is 4.74 Å². The maximum absolute atomic E-state index is 9.15. The summed E-state index contributed by atoms with van der Waals surface area (Å²) in [6.07, 6.45) is 2.17.